The predicted molar refractivity (Wildman–Crippen MR) is 447 cm³/mol. The Labute approximate surface area is 736 Å². The normalized spacial score (nSPS) is 29.6. The van der Waals surface area contributed by atoms with Crippen molar-refractivity contribution in [3.63, 3.8) is 0 Å². The van der Waals surface area contributed by atoms with Crippen LogP contribution in [0.3, 0.4) is 0 Å². The maximum Gasteiger partial charge on any atom is 0.330 e. The molecule has 0 aliphatic carbocycles. The van der Waals surface area contributed by atoms with Crippen molar-refractivity contribution in [2.45, 2.75) is 207 Å². The highest BCUT2D eigenvalue weighted by atomic mass is 35.5. The van der Waals surface area contributed by atoms with Gasteiger partial charge < -0.3 is 162 Å². The number of amides is 7. The number of nitrogens with one attached hydrogen (secondary N) is 8. The number of carboxylic acids is 1. The molecule has 3 saturated heterocycles. The number of thioether (sulfide) groups is 1. The summed E-state index contributed by atoms with van der Waals surface area (Å²) in [6, 6.07) is 2.82. The molecule has 0 radical (unpaired) electrons. The zero-order valence-electron chi connectivity index (χ0n) is 68.4. The smallest absolute Gasteiger partial charge is 0.330 e. The highest BCUT2D eigenvalue weighted by Crippen LogP contribution is 2.50. The van der Waals surface area contributed by atoms with Gasteiger partial charge in [-0.1, -0.05) is 62.7 Å². The highest BCUT2D eigenvalue weighted by molar-refractivity contribution is 7.98. The number of benzene rings is 5. The number of phenolic OH excluding ortho intramolecular Hbond substituents is 3. The van der Waals surface area contributed by atoms with Crippen LogP contribution >= 0.6 is 35.0 Å². The third-order valence-corrected chi connectivity index (χ3v) is 23.5. The van der Waals surface area contributed by atoms with Gasteiger partial charge in [-0.3, -0.25) is 33.6 Å². The summed E-state index contributed by atoms with van der Waals surface area (Å²) >= 11 is 16.0. The number of rotatable bonds is 24. The number of nitrogens with two attached hydrogens (primary N) is 2. The van der Waals surface area contributed by atoms with Crippen LogP contribution in [0.15, 0.2) is 95.4 Å². The first kappa shape index (κ1) is 96.8. The maximum atomic E-state index is 16.4. The number of fused-ring (bicyclic) bond motifs is 15. The summed E-state index contributed by atoms with van der Waals surface area (Å²) in [4.78, 5) is 122. The van der Waals surface area contributed by atoms with Gasteiger partial charge in [0.1, 0.15) is 132 Å². The Kier molecular flexibility index (Phi) is 31.6. The van der Waals surface area contributed by atoms with Crippen molar-refractivity contribution in [2.24, 2.45) is 17.4 Å². The minimum atomic E-state index is -2.42. The van der Waals surface area contributed by atoms with Crippen LogP contribution in [0.4, 0.5) is 0 Å². The number of aliphatic carboxylic acids is 1. The van der Waals surface area contributed by atoms with Gasteiger partial charge in [-0.2, -0.15) is 11.8 Å². The first-order chi connectivity index (χ1) is 59.2. The van der Waals surface area contributed by atoms with E-state index in [1.807, 2.05) is 45.0 Å². The van der Waals surface area contributed by atoms with Crippen molar-refractivity contribution in [1.29, 1.82) is 0 Å². The second kappa shape index (κ2) is 41.1. The van der Waals surface area contributed by atoms with Gasteiger partial charge in [0.15, 0.2) is 30.1 Å². The molecule has 126 heavy (non-hydrogen) atoms. The zero-order chi connectivity index (χ0) is 90.6. The standard InChI is InChI=1S/C82H101Cl2N11O29S.CH4/c1-32(2)18-45(87-5)73(108)93-61-63(101)35-9-14-49(43(83)20-35)118-51-22-37-23-52(70(51)123-81-68(106)66(104)71(54(30-96)121-81)124-80-67(105)65(103)64(102)53(120-80)28-88-16-17-125-31-40-12-11-39(117-40)29-95(6)7)119-50-15-10-36(21-44(50)84)69(122-56-27-82(4,86)72(107)33(3)116-56)62-78(113)92-60(79(114)115)42-24-38(97)25-48(99)57(42)41-19-34(8-13-47(41)98)58(75(110)94-62)91-76(111)59(37)90-74(109)46(26-55(85)100)89-77(61)112;/h8-15,19-25,32-33,45-46,53-54,56,58-69,71-72,80-81,87-88,96-99,101-107H,16-18,26-31,86H2,1-7H3,(H2,85,100)(H,89,112)(H,90,109)(H,91,111)(H,92,113)(H,93,108)(H,94,110)(H,114,115);1H4/t33-,45+,46-,53+,54+,56?,58+,59+,60+,61?,62-,63+,64-,65-,66+,67+,68+,69+,71+,72-,80-,81-,82-;/m0./s1. The molecule has 43 heteroatoms. The topological polar surface area (TPSA) is 618 Å². The van der Waals surface area contributed by atoms with Gasteiger partial charge in [0.2, 0.25) is 53.4 Å². The number of furan rings is 1. The number of primary amides is 1. The van der Waals surface area contributed by atoms with Gasteiger partial charge in [0.05, 0.1) is 53.6 Å². The average molecular weight is 1820 g/mol. The van der Waals surface area contributed by atoms with Crippen molar-refractivity contribution < 1.29 is 142 Å². The molecule has 11 bridgehead atoms. The number of carboxylic acid groups (broad SMARTS) is 1. The van der Waals surface area contributed by atoms with Crippen LogP contribution in [0.5, 0.6) is 46.0 Å². The Morgan fingerprint density at radius 2 is 1.32 bits per heavy atom. The minimum Gasteiger partial charge on any atom is -0.508 e. The summed E-state index contributed by atoms with van der Waals surface area (Å²) in [5.74, 6) is -14.0. The van der Waals surface area contributed by atoms with E-state index in [1.54, 1.807) is 0 Å². The quantitative estimate of drug-likeness (QED) is 0.0372. The maximum absolute atomic E-state index is 16.4. The van der Waals surface area contributed by atoms with Crippen LogP contribution in [-0.4, -0.2) is 270 Å². The fourth-order valence-corrected chi connectivity index (χ4v) is 16.7. The molecular weight excluding hydrogens is 1720 g/mol. The Morgan fingerprint density at radius 3 is 1.95 bits per heavy atom. The Hall–Kier alpha value is -9.81. The predicted octanol–water partition coefficient (Wildman–Crippen LogP) is 0.752. The molecule has 5 aromatic carbocycles. The van der Waals surface area contributed by atoms with E-state index < -0.39 is 279 Å². The van der Waals surface area contributed by atoms with Gasteiger partial charge in [0.25, 0.3) is 0 Å². The molecule has 9 heterocycles. The van der Waals surface area contributed by atoms with Gasteiger partial charge in [-0.25, -0.2) is 4.79 Å². The van der Waals surface area contributed by atoms with Crippen LogP contribution in [-0.2, 0) is 74.3 Å². The van der Waals surface area contributed by atoms with Crippen LogP contribution in [0, 0.1) is 5.92 Å². The van der Waals surface area contributed by atoms with Crippen LogP contribution in [0.1, 0.15) is 124 Å². The van der Waals surface area contributed by atoms with Gasteiger partial charge in [0, 0.05) is 53.6 Å². The molecular formula is C83H105Cl2N11O29S. The van der Waals surface area contributed by atoms with E-state index in [-0.39, 0.29) is 49.4 Å². The van der Waals surface area contributed by atoms with E-state index in [0.29, 0.717) is 24.6 Å². The molecule has 0 saturated carbocycles. The van der Waals surface area contributed by atoms with E-state index in [1.165, 1.54) is 44.8 Å². The number of aliphatic hydroxyl groups excluding tert-OH is 8. The number of hydrogen-bond donors (Lipinski definition) is 22. The summed E-state index contributed by atoms with van der Waals surface area (Å²) in [6.07, 6.45) is -28.9. The molecule has 686 valence electrons. The van der Waals surface area contributed by atoms with Crippen LogP contribution in [0.2, 0.25) is 10.0 Å². The molecule has 40 nitrogen and oxygen atoms in total. The van der Waals surface area contributed by atoms with E-state index in [4.69, 9.17) is 77.0 Å². The average Bonchev–Trinajstić information content (AvgIpc) is 0.794. The Balaban J connectivity index is 0.0000154. The van der Waals surface area contributed by atoms with E-state index >= 15 is 24.0 Å². The lowest BCUT2D eigenvalue weighted by Gasteiger charge is -2.46. The molecule has 6 aromatic rings. The van der Waals surface area contributed by atoms with Crippen molar-refractivity contribution in [1.82, 2.24) is 47.4 Å². The molecule has 23 atom stereocenters. The fourth-order valence-electron chi connectivity index (χ4n) is 15.5. The van der Waals surface area contributed by atoms with Gasteiger partial charge >= 0.3 is 5.97 Å². The molecule has 2 unspecified atom stereocenters. The third-order valence-electron chi connectivity index (χ3n) is 21.9. The molecule has 8 aliphatic rings. The van der Waals surface area contributed by atoms with Gasteiger partial charge in [-0.05, 0) is 136 Å². The number of likely N-dealkylation sites (N-methyl/N-ethyl adjacent to an activating group) is 1. The number of ether oxygens (including phenoxy) is 8. The number of hydrogen-bond acceptors (Lipinski definition) is 33. The number of aliphatic hydroxyl groups is 8. The number of halogens is 2. The number of carbonyl (C=O) groups is 8. The zero-order valence-corrected chi connectivity index (χ0v) is 70.7. The second-order valence-corrected chi connectivity index (χ2v) is 34.1. The Bertz CT molecular complexity index is 4970. The lowest BCUT2D eigenvalue weighted by atomic mass is 9.86. The van der Waals surface area contributed by atoms with Crippen molar-refractivity contribution in [3.8, 4) is 57.1 Å². The molecule has 24 N–H and O–H groups in total. The fraction of sp³-hybridized carbons (Fsp3) is 0.494. The monoisotopic (exact) mass is 1820 g/mol. The molecule has 7 amide bonds. The van der Waals surface area contributed by atoms with E-state index in [0.717, 1.165) is 78.3 Å². The van der Waals surface area contributed by atoms with Crippen LogP contribution in [0.25, 0.3) is 11.1 Å². The van der Waals surface area contributed by atoms with E-state index in [2.05, 4.69) is 42.5 Å². The lowest BCUT2D eigenvalue weighted by molar-refractivity contribution is -0.350. The first-order valence-corrected chi connectivity index (χ1v) is 41.8. The van der Waals surface area contributed by atoms with Crippen molar-refractivity contribution in [2.75, 3.05) is 46.6 Å². The molecule has 0 spiro atoms. The SMILES string of the molecule is C.CN[C@H](CC(C)C)C(=O)NC1C(=O)N[C@@H](CC(N)=O)C(=O)N[C@H]2C(=O)N[C@H]3C(=O)N[C@H](C(=O)N[C@@H](C(=O)O)c4cc(O)cc(O)c4-c4cc3ccc4O)[C@H](OC3C[C@](C)(N)[C@@H](O)[C@H](C)O3)c3ccc(c(Cl)c3)Oc3cc2cc(c3O[C@@H]2O[C@H](CO)[C@@H](O[C@@H]3O[C@H](CNCCSCc4ccc(CN(C)C)o4)[C@H](O)[C@H](O)[C@H]3O)[C@H](O)[C@H]2O)Oc2ccc(cc2Cl)[C@H]1O. The third kappa shape index (κ3) is 21.9. The first-order valence-electron chi connectivity index (χ1n) is 39.8. The van der Waals surface area contributed by atoms with Crippen molar-refractivity contribution in [3.05, 3.63) is 140 Å². The van der Waals surface area contributed by atoms with E-state index in [9.17, 15) is 75.7 Å². The highest BCUT2D eigenvalue weighted by Gasteiger charge is 2.53. The van der Waals surface area contributed by atoms with Crippen LogP contribution < -0.4 is 68.2 Å². The second-order valence-electron chi connectivity index (χ2n) is 32.2. The lowest BCUT2D eigenvalue weighted by Crippen LogP contribution is -2.65. The summed E-state index contributed by atoms with van der Waals surface area (Å²) in [6.45, 7) is 6.28. The largest absolute Gasteiger partial charge is 0.508 e. The molecule has 3 fully saturated rings. The summed E-state index contributed by atoms with van der Waals surface area (Å²) in [7, 11) is 5.29. The Morgan fingerprint density at radius 1 is 0.690 bits per heavy atom. The number of phenols is 3. The number of nitrogens with zero attached hydrogens (tertiary/aromatic N) is 1. The molecule has 1 aromatic heterocycles. The van der Waals surface area contributed by atoms with Gasteiger partial charge in [-0.15, -0.1) is 0 Å². The molecule has 14 rings (SSSR count). The summed E-state index contributed by atoms with van der Waals surface area (Å²) in [5.41, 5.74) is 8.01. The summed E-state index contributed by atoms with van der Waals surface area (Å²) < 4.78 is 57.1. The minimum absolute atomic E-state index is 0. The number of carbonyl (C=O) groups excluding carboxylic acids is 7. The summed E-state index contributed by atoms with van der Waals surface area (Å²) in [5, 5.41) is 159. The van der Waals surface area contributed by atoms with Crippen molar-refractivity contribution >= 4 is 82.3 Å². The number of aromatic hydroxyl groups is 3. The molecule has 8 aliphatic heterocycles.